The predicted molar refractivity (Wildman–Crippen MR) is 55.2 cm³/mol. The van der Waals surface area contributed by atoms with Crippen LogP contribution in [0.1, 0.15) is 0 Å². The number of benzene rings is 1. The Morgan fingerprint density at radius 1 is 0.812 bits per heavy atom. The molecule has 0 radical (unpaired) electrons. The maximum Gasteiger partial charge on any atom is 0.457 e. The first-order valence-corrected chi connectivity index (χ1v) is 5.35. The Labute approximate surface area is 92.8 Å². The largest absolute Gasteiger partial charge is 0.457 e. The van der Waals surface area contributed by atoms with Crippen molar-refractivity contribution in [1.29, 1.82) is 0 Å². The van der Waals surface area contributed by atoms with Crippen molar-refractivity contribution < 1.29 is 14.3 Å². The van der Waals surface area contributed by atoms with Crippen molar-refractivity contribution in [2.75, 3.05) is 20.0 Å². The zero-order valence-electron chi connectivity index (χ0n) is 8.65. The van der Waals surface area contributed by atoms with Gasteiger partial charge in [0.2, 0.25) is 0 Å². The Hall–Kier alpha value is -0.955. The highest BCUT2D eigenvalue weighted by Crippen LogP contribution is 2.30. The molecule has 4 aliphatic rings. The first-order valence-electron chi connectivity index (χ1n) is 5.35. The molecule has 5 rings (SSSR count). The summed E-state index contributed by atoms with van der Waals surface area (Å²) in [4.78, 5) is 0. The zero-order valence-corrected chi connectivity index (χ0v) is 8.65. The maximum atomic E-state index is 5.76. The molecule has 0 aromatic heterocycles. The molecular weight excluding hydrogens is 209 g/mol. The fourth-order valence-corrected chi connectivity index (χ4v) is 2.38. The van der Waals surface area contributed by atoms with Crippen LogP contribution in [0.3, 0.4) is 0 Å². The van der Waals surface area contributed by atoms with Crippen LogP contribution in [0.2, 0.25) is 0 Å². The van der Waals surface area contributed by atoms with Crippen LogP contribution in [0.5, 0.6) is 0 Å². The SMILES string of the molecule is c1ccc([B-]23ON4CN(CN(C4)O2)O3)cc1. The number of hydrogen-bond donors (Lipinski definition) is 0. The molecule has 1 aromatic rings. The third-order valence-electron chi connectivity index (χ3n) is 3.02. The highest BCUT2D eigenvalue weighted by Gasteiger charge is 2.50. The van der Waals surface area contributed by atoms with Crippen molar-refractivity contribution in [1.82, 2.24) is 15.2 Å². The number of hydroxylamine groups is 6. The Morgan fingerprint density at radius 3 is 1.81 bits per heavy atom. The van der Waals surface area contributed by atoms with Gasteiger partial charge in [-0.25, -0.2) is 0 Å². The second-order valence-electron chi connectivity index (χ2n) is 4.24. The second-order valence-corrected chi connectivity index (χ2v) is 4.24. The van der Waals surface area contributed by atoms with E-state index in [1.807, 2.05) is 45.5 Å². The van der Waals surface area contributed by atoms with Crippen LogP contribution in [0.4, 0.5) is 0 Å². The van der Waals surface area contributed by atoms with Crippen molar-refractivity contribution in [3.05, 3.63) is 30.3 Å². The first-order chi connectivity index (χ1) is 7.84. The predicted octanol–water partition coefficient (Wildman–Crippen LogP) is -0.553. The smallest absolute Gasteiger partial charge is 0.449 e. The van der Waals surface area contributed by atoms with Crippen LogP contribution >= 0.6 is 0 Å². The molecule has 0 spiro atoms. The Bertz CT molecular complexity index is 380. The summed E-state index contributed by atoms with van der Waals surface area (Å²) in [6, 6.07) is 9.77. The van der Waals surface area contributed by atoms with E-state index in [4.69, 9.17) is 14.3 Å². The van der Waals surface area contributed by atoms with Gasteiger partial charge in [0, 0.05) is 0 Å². The van der Waals surface area contributed by atoms with Crippen LogP contribution in [0.25, 0.3) is 0 Å². The van der Waals surface area contributed by atoms with Gasteiger partial charge in [0.05, 0.1) is 20.0 Å². The normalized spacial score (nSPS) is 44.9. The molecule has 4 fully saturated rings. The summed E-state index contributed by atoms with van der Waals surface area (Å²) < 4.78 is 17.3. The molecule has 0 unspecified atom stereocenters. The van der Waals surface area contributed by atoms with Crippen molar-refractivity contribution >= 4 is 12.2 Å². The van der Waals surface area contributed by atoms with Crippen molar-refractivity contribution in [2.24, 2.45) is 0 Å². The van der Waals surface area contributed by atoms with Crippen LogP contribution in [-0.4, -0.2) is 42.0 Å². The molecule has 84 valence electrons. The van der Waals surface area contributed by atoms with E-state index >= 15 is 0 Å². The van der Waals surface area contributed by atoms with Crippen LogP contribution in [-0.2, 0) is 14.3 Å². The lowest BCUT2D eigenvalue weighted by atomic mass is 9.69. The lowest BCUT2D eigenvalue weighted by Crippen LogP contribution is -2.79. The van der Waals surface area contributed by atoms with Gasteiger partial charge in [0.15, 0.2) is 0 Å². The van der Waals surface area contributed by atoms with E-state index in [0.717, 1.165) is 5.46 Å². The van der Waals surface area contributed by atoms with Crippen molar-refractivity contribution in [3.63, 3.8) is 0 Å². The molecule has 0 aliphatic carbocycles. The number of hydrogen-bond acceptors (Lipinski definition) is 6. The van der Waals surface area contributed by atoms with Gasteiger partial charge in [-0.15, -0.1) is 5.46 Å². The van der Waals surface area contributed by atoms with Crippen molar-refractivity contribution in [2.45, 2.75) is 0 Å². The Kier molecular flexibility index (Phi) is 1.73. The van der Waals surface area contributed by atoms with Crippen LogP contribution < -0.4 is 5.46 Å². The van der Waals surface area contributed by atoms with E-state index in [1.165, 1.54) is 0 Å². The number of rotatable bonds is 1. The van der Waals surface area contributed by atoms with Gasteiger partial charge in [-0.1, -0.05) is 30.3 Å². The molecule has 7 heteroatoms. The summed E-state index contributed by atoms with van der Waals surface area (Å²) in [5.41, 5.74) is 0.918. The monoisotopic (exact) mass is 220 g/mol. The lowest BCUT2D eigenvalue weighted by Gasteiger charge is -2.64. The fraction of sp³-hybridized carbons (Fsp3) is 0.333. The Morgan fingerprint density at radius 2 is 1.31 bits per heavy atom. The molecule has 4 saturated heterocycles. The first kappa shape index (κ1) is 9.11. The minimum absolute atomic E-state index is 0.663. The highest BCUT2D eigenvalue weighted by molar-refractivity contribution is 6.75. The van der Waals surface area contributed by atoms with Gasteiger partial charge in [-0.05, 0) is 0 Å². The summed E-state index contributed by atoms with van der Waals surface area (Å²) in [5.74, 6) is 0. The number of nitrogens with zero attached hydrogens (tertiary/aromatic N) is 3. The van der Waals surface area contributed by atoms with Gasteiger partial charge in [-0.3, -0.25) is 0 Å². The van der Waals surface area contributed by atoms with Crippen LogP contribution in [0, 0.1) is 0 Å². The minimum Gasteiger partial charge on any atom is -0.449 e. The minimum atomic E-state index is -1.86. The van der Waals surface area contributed by atoms with Gasteiger partial charge >= 0.3 is 6.75 Å². The quantitative estimate of drug-likeness (QED) is 0.591. The summed E-state index contributed by atoms with van der Waals surface area (Å²) in [5, 5.41) is 5.55. The average Bonchev–Trinajstić information content (AvgIpc) is 2.28. The topological polar surface area (TPSA) is 37.4 Å². The zero-order chi connectivity index (χ0) is 10.6. The average molecular weight is 220 g/mol. The van der Waals surface area contributed by atoms with Gasteiger partial charge < -0.3 is 14.3 Å². The summed E-state index contributed by atoms with van der Waals surface area (Å²) in [6.07, 6.45) is 0. The van der Waals surface area contributed by atoms with Gasteiger partial charge in [-0.2, -0.15) is 15.2 Å². The molecule has 4 aliphatic heterocycles. The van der Waals surface area contributed by atoms with Crippen LogP contribution in [0.15, 0.2) is 30.3 Å². The molecule has 1 aromatic carbocycles. The fourth-order valence-electron chi connectivity index (χ4n) is 2.38. The molecule has 4 bridgehead atoms. The van der Waals surface area contributed by atoms with E-state index in [0.29, 0.717) is 20.0 Å². The standard InChI is InChI=1S/C9H11BN3O3/c1-2-4-9(5-3-1)10-14-11-6-12(15-10)8-13(7-11)16-10/h1-5H,6-8H2/q-1. The van der Waals surface area contributed by atoms with E-state index in [-0.39, 0.29) is 0 Å². The third kappa shape index (κ3) is 1.18. The molecular formula is C9H11BN3O3-. The summed E-state index contributed by atoms with van der Waals surface area (Å²) in [6.45, 7) is 0.133. The molecule has 0 N–H and O–H groups in total. The van der Waals surface area contributed by atoms with E-state index in [1.54, 1.807) is 0 Å². The molecule has 6 nitrogen and oxygen atoms in total. The molecule has 0 amide bonds. The van der Waals surface area contributed by atoms with Gasteiger partial charge in [0.1, 0.15) is 0 Å². The molecule has 0 saturated carbocycles. The third-order valence-corrected chi connectivity index (χ3v) is 3.02. The van der Waals surface area contributed by atoms with Crippen molar-refractivity contribution in [3.8, 4) is 0 Å². The van der Waals surface area contributed by atoms with E-state index in [9.17, 15) is 0 Å². The second kappa shape index (κ2) is 3.04. The van der Waals surface area contributed by atoms with E-state index < -0.39 is 6.75 Å². The Balaban J connectivity index is 1.77. The van der Waals surface area contributed by atoms with Gasteiger partial charge in [0.25, 0.3) is 0 Å². The lowest BCUT2D eigenvalue weighted by molar-refractivity contribution is -0.420. The van der Waals surface area contributed by atoms with E-state index in [2.05, 4.69) is 0 Å². The summed E-state index contributed by atoms with van der Waals surface area (Å²) in [7, 11) is 0. The highest BCUT2D eigenvalue weighted by atomic mass is 17.0. The molecule has 4 heterocycles. The molecule has 16 heavy (non-hydrogen) atoms. The maximum absolute atomic E-state index is 5.76. The summed E-state index contributed by atoms with van der Waals surface area (Å²) >= 11 is 0. The molecule has 0 atom stereocenters.